The van der Waals surface area contributed by atoms with Crippen LogP contribution in [0.5, 0.6) is 0 Å². The van der Waals surface area contributed by atoms with E-state index in [0.29, 0.717) is 13.1 Å². The Balaban J connectivity index is 2.02. The van der Waals surface area contributed by atoms with Gasteiger partial charge in [-0.1, -0.05) is 29.8 Å². The first-order valence-corrected chi connectivity index (χ1v) is 8.32. The van der Waals surface area contributed by atoms with Gasteiger partial charge in [0.2, 0.25) is 5.91 Å². The average molecular weight is 328 g/mol. The Bertz CT molecular complexity index is 718. The normalized spacial score (nSPS) is 12.5. The van der Waals surface area contributed by atoms with Gasteiger partial charge in [-0.15, -0.1) is 0 Å². The molecule has 1 aromatic carbocycles. The highest BCUT2D eigenvalue weighted by Gasteiger charge is 2.22. The van der Waals surface area contributed by atoms with Gasteiger partial charge in [0.1, 0.15) is 6.04 Å². The van der Waals surface area contributed by atoms with Gasteiger partial charge in [0.25, 0.3) is 0 Å². The number of nitrogens with one attached hydrogen (secondary N) is 1. The number of nitrogens with zero attached hydrogens (tertiary/aromatic N) is 3. The fourth-order valence-electron chi connectivity index (χ4n) is 2.91. The molecule has 1 heterocycles. The molecule has 1 aromatic heterocycles. The van der Waals surface area contributed by atoms with Crippen LogP contribution in [-0.2, 0) is 11.3 Å². The van der Waals surface area contributed by atoms with Crippen LogP contribution in [0.2, 0.25) is 0 Å². The van der Waals surface area contributed by atoms with E-state index >= 15 is 0 Å². The maximum absolute atomic E-state index is 12.7. The largest absolute Gasteiger partial charge is 0.353 e. The third-order valence-electron chi connectivity index (χ3n) is 4.49. The monoisotopic (exact) mass is 328 g/mol. The van der Waals surface area contributed by atoms with Gasteiger partial charge in [-0.2, -0.15) is 5.10 Å². The van der Waals surface area contributed by atoms with Crippen molar-refractivity contribution in [2.45, 2.75) is 40.3 Å². The van der Waals surface area contributed by atoms with Crippen LogP contribution in [0.4, 0.5) is 0 Å². The molecular weight excluding hydrogens is 300 g/mol. The molecule has 1 amide bonds. The van der Waals surface area contributed by atoms with E-state index in [1.165, 1.54) is 5.56 Å². The summed E-state index contributed by atoms with van der Waals surface area (Å²) in [6.45, 7) is 9.44. The van der Waals surface area contributed by atoms with Crippen molar-refractivity contribution in [3.63, 3.8) is 0 Å². The molecular formula is C19H28N4O. The highest BCUT2D eigenvalue weighted by atomic mass is 16.2. The van der Waals surface area contributed by atoms with Gasteiger partial charge in [-0.05, 0) is 52.9 Å². The van der Waals surface area contributed by atoms with E-state index in [1.54, 1.807) is 0 Å². The fourth-order valence-corrected chi connectivity index (χ4v) is 2.91. The van der Waals surface area contributed by atoms with Gasteiger partial charge >= 0.3 is 0 Å². The molecule has 0 saturated carbocycles. The summed E-state index contributed by atoms with van der Waals surface area (Å²) in [6.07, 6.45) is 0. The summed E-state index contributed by atoms with van der Waals surface area (Å²) in [6, 6.07) is 7.81. The predicted molar refractivity (Wildman–Crippen MR) is 97.1 cm³/mol. The second-order valence-electron chi connectivity index (χ2n) is 6.59. The molecule has 0 aliphatic heterocycles. The molecule has 2 aromatic rings. The lowest BCUT2D eigenvalue weighted by Crippen LogP contribution is -2.38. The fraction of sp³-hybridized carbons (Fsp3) is 0.474. The van der Waals surface area contributed by atoms with Crippen molar-refractivity contribution in [1.29, 1.82) is 0 Å². The number of benzene rings is 1. The Kier molecular flexibility index (Phi) is 5.78. The number of likely N-dealkylation sites (N-methyl/N-ethyl adjacent to an activating group) is 1. The Hall–Kier alpha value is -2.14. The number of rotatable bonds is 6. The summed E-state index contributed by atoms with van der Waals surface area (Å²) in [4.78, 5) is 14.6. The molecule has 5 heteroatoms. The molecule has 0 aliphatic rings. The van der Waals surface area contributed by atoms with E-state index in [4.69, 9.17) is 0 Å². The maximum atomic E-state index is 12.7. The van der Waals surface area contributed by atoms with Gasteiger partial charge in [0.05, 0.1) is 12.2 Å². The third-order valence-corrected chi connectivity index (χ3v) is 4.49. The van der Waals surface area contributed by atoms with Crippen molar-refractivity contribution in [2.75, 3.05) is 20.6 Å². The number of carbonyl (C=O) groups is 1. The lowest BCUT2D eigenvalue weighted by molar-refractivity contribution is -0.125. The van der Waals surface area contributed by atoms with Gasteiger partial charge in [0, 0.05) is 12.2 Å². The van der Waals surface area contributed by atoms with Crippen molar-refractivity contribution in [3.05, 3.63) is 52.3 Å². The number of hydrogen-bond acceptors (Lipinski definition) is 3. The number of carbonyl (C=O) groups excluding carboxylic acids is 1. The molecule has 0 aliphatic carbocycles. The average Bonchev–Trinajstić information content (AvgIpc) is 2.74. The standard InChI is InChI=1S/C19H28N4O/c1-13-8-7-9-17(12-13)18(22(5)6)19(24)20-10-11-23-16(4)14(2)15(3)21-23/h7-9,12,18H,10-11H2,1-6H3,(H,20,24)/t18-/m1/s1. The van der Waals surface area contributed by atoms with E-state index in [0.717, 1.165) is 22.5 Å². The van der Waals surface area contributed by atoms with Gasteiger partial charge < -0.3 is 5.32 Å². The molecule has 130 valence electrons. The molecule has 24 heavy (non-hydrogen) atoms. The minimum absolute atomic E-state index is 0.0175. The number of aromatic nitrogens is 2. The zero-order valence-corrected chi connectivity index (χ0v) is 15.6. The highest BCUT2D eigenvalue weighted by Crippen LogP contribution is 2.19. The molecule has 1 N–H and O–H groups in total. The van der Waals surface area contributed by atoms with E-state index in [1.807, 2.05) is 55.7 Å². The molecule has 0 unspecified atom stereocenters. The summed E-state index contributed by atoms with van der Waals surface area (Å²) >= 11 is 0. The topological polar surface area (TPSA) is 50.2 Å². The number of hydrogen-bond donors (Lipinski definition) is 1. The smallest absolute Gasteiger partial charge is 0.242 e. The van der Waals surface area contributed by atoms with Gasteiger partial charge in [0.15, 0.2) is 0 Å². The van der Waals surface area contributed by atoms with Crippen LogP contribution in [0.1, 0.15) is 34.1 Å². The first kappa shape index (κ1) is 18.2. The Morgan fingerprint density at radius 3 is 2.50 bits per heavy atom. The SMILES string of the molecule is Cc1cccc([C@H](C(=O)NCCn2nc(C)c(C)c2C)N(C)C)c1. The predicted octanol–water partition coefficient (Wildman–Crippen LogP) is 2.54. The molecule has 5 nitrogen and oxygen atoms in total. The van der Waals surface area contributed by atoms with Crippen LogP contribution in [0, 0.1) is 27.7 Å². The molecule has 0 spiro atoms. The highest BCUT2D eigenvalue weighted by molar-refractivity contribution is 5.83. The molecule has 1 atom stereocenters. The molecule has 0 saturated heterocycles. The second-order valence-corrected chi connectivity index (χ2v) is 6.59. The van der Waals surface area contributed by atoms with Crippen LogP contribution in [0.25, 0.3) is 0 Å². The number of aryl methyl sites for hydroxylation is 2. The molecule has 0 radical (unpaired) electrons. The summed E-state index contributed by atoms with van der Waals surface area (Å²) in [5.41, 5.74) is 5.59. The van der Waals surface area contributed by atoms with E-state index in [-0.39, 0.29) is 11.9 Å². The lowest BCUT2D eigenvalue weighted by atomic mass is 10.0. The van der Waals surface area contributed by atoms with Crippen LogP contribution >= 0.6 is 0 Å². The molecule has 0 bridgehead atoms. The van der Waals surface area contributed by atoms with Crippen molar-refractivity contribution >= 4 is 5.91 Å². The summed E-state index contributed by atoms with van der Waals surface area (Å²) in [7, 11) is 3.86. The van der Waals surface area contributed by atoms with Crippen LogP contribution in [0.15, 0.2) is 24.3 Å². The van der Waals surface area contributed by atoms with Crippen molar-refractivity contribution in [3.8, 4) is 0 Å². The van der Waals surface area contributed by atoms with Crippen molar-refractivity contribution in [2.24, 2.45) is 0 Å². The quantitative estimate of drug-likeness (QED) is 0.886. The first-order chi connectivity index (χ1) is 11.3. The van der Waals surface area contributed by atoms with Crippen molar-refractivity contribution < 1.29 is 4.79 Å². The van der Waals surface area contributed by atoms with Crippen LogP contribution < -0.4 is 5.32 Å². The van der Waals surface area contributed by atoms with E-state index in [9.17, 15) is 4.79 Å². The Morgan fingerprint density at radius 2 is 1.96 bits per heavy atom. The lowest BCUT2D eigenvalue weighted by Gasteiger charge is -2.24. The second kappa shape index (κ2) is 7.62. The summed E-state index contributed by atoms with van der Waals surface area (Å²) in [5.74, 6) is 0.0175. The summed E-state index contributed by atoms with van der Waals surface area (Å²) in [5, 5.41) is 7.56. The molecule has 2 rings (SSSR count). The van der Waals surface area contributed by atoms with Crippen LogP contribution in [0.3, 0.4) is 0 Å². The Morgan fingerprint density at radius 1 is 1.25 bits per heavy atom. The van der Waals surface area contributed by atoms with Crippen molar-refractivity contribution in [1.82, 2.24) is 20.0 Å². The zero-order valence-electron chi connectivity index (χ0n) is 15.6. The zero-order chi connectivity index (χ0) is 17.9. The first-order valence-electron chi connectivity index (χ1n) is 8.32. The minimum Gasteiger partial charge on any atom is -0.353 e. The van der Waals surface area contributed by atoms with E-state index < -0.39 is 0 Å². The Labute approximate surface area is 144 Å². The molecule has 0 fully saturated rings. The third kappa shape index (κ3) is 4.03. The van der Waals surface area contributed by atoms with Gasteiger partial charge in [-0.25, -0.2) is 0 Å². The van der Waals surface area contributed by atoms with Gasteiger partial charge in [-0.3, -0.25) is 14.4 Å². The number of amides is 1. The maximum Gasteiger partial charge on any atom is 0.242 e. The van der Waals surface area contributed by atoms with E-state index in [2.05, 4.69) is 30.3 Å². The summed E-state index contributed by atoms with van der Waals surface area (Å²) < 4.78 is 1.96. The van der Waals surface area contributed by atoms with Crippen LogP contribution in [-0.4, -0.2) is 41.2 Å². The minimum atomic E-state index is -0.285.